The second-order valence-electron chi connectivity index (χ2n) is 7.68. The molecule has 0 saturated carbocycles. The monoisotopic (exact) mass is 432 g/mol. The van der Waals surface area contributed by atoms with Crippen LogP contribution in [0.5, 0.6) is 5.75 Å². The number of amides is 2. The molecule has 0 unspecified atom stereocenters. The molecule has 0 fully saturated rings. The largest absolute Gasteiger partial charge is 0.496 e. The Morgan fingerprint density at radius 3 is 2.47 bits per heavy atom. The first-order valence-corrected chi connectivity index (χ1v) is 10.4. The van der Waals surface area contributed by atoms with Gasteiger partial charge in [0.05, 0.1) is 20.2 Å². The Labute approximate surface area is 188 Å². The van der Waals surface area contributed by atoms with Crippen LogP contribution in [0.15, 0.2) is 66.9 Å². The van der Waals surface area contributed by atoms with E-state index >= 15 is 0 Å². The molecule has 0 bridgehead atoms. The van der Waals surface area contributed by atoms with Crippen molar-refractivity contribution in [1.82, 2.24) is 14.7 Å². The van der Waals surface area contributed by atoms with E-state index in [1.165, 1.54) is 11.0 Å². The zero-order valence-electron chi connectivity index (χ0n) is 18.6. The Balaban J connectivity index is 1.98. The van der Waals surface area contributed by atoms with Crippen molar-refractivity contribution >= 4 is 17.9 Å². The minimum atomic E-state index is -0.550. The highest BCUT2D eigenvalue weighted by Crippen LogP contribution is 2.31. The molecule has 0 atom stereocenters. The number of nitrogens with zero attached hydrogens (tertiary/aromatic N) is 3. The number of ether oxygens (including phenoxy) is 1. The molecule has 0 spiro atoms. The number of nitrogens with two attached hydrogens (primary N) is 1. The summed E-state index contributed by atoms with van der Waals surface area (Å²) >= 11 is 0. The summed E-state index contributed by atoms with van der Waals surface area (Å²) in [5.74, 6) is -0.151. The van der Waals surface area contributed by atoms with Crippen LogP contribution in [0, 0.1) is 0 Å². The van der Waals surface area contributed by atoms with Gasteiger partial charge in [0.1, 0.15) is 11.4 Å². The number of methoxy groups -OCH3 is 1. The Hall–Kier alpha value is -3.87. The lowest BCUT2D eigenvalue weighted by molar-refractivity contribution is -0.132. The lowest BCUT2D eigenvalue weighted by Gasteiger charge is -2.23. The SMILES string of the molecule is COc1ccccc1-c1nn(Cc2ccccc2)cc1/C=C/C(=O)N(CC(N)=O)C(C)C. The third kappa shape index (κ3) is 5.63. The molecular formula is C25H28N4O3. The van der Waals surface area contributed by atoms with Gasteiger partial charge in [0, 0.05) is 29.4 Å². The van der Waals surface area contributed by atoms with Gasteiger partial charge in [0.2, 0.25) is 11.8 Å². The Bertz CT molecular complexity index is 1100. The normalized spacial score (nSPS) is 11.1. The van der Waals surface area contributed by atoms with Crippen LogP contribution < -0.4 is 10.5 Å². The quantitative estimate of drug-likeness (QED) is 0.525. The molecule has 2 aromatic carbocycles. The third-order valence-electron chi connectivity index (χ3n) is 4.98. The highest BCUT2D eigenvalue weighted by Gasteiger charge is 2.18. The summed E-state index contributed by atoms with van der Waals surface area (Å²) in [5.41, 5.74) is 8.71. The average Bonchev–Trinajstić information content (AvgIpc) is 3.18. The van der Waals surface area contributed by atoms with Crippen molar-refractivity contribution in [2.24, 2.45) is 5.73 Å². The number of aromatic nitrogens is 2. The summed E-state index contributed by atoms with van der Waals surface area (Å²) in [5, 5.41) is 4.78. The average molecular weight is 433 g/mol. The molecule has 7 nitrogen and oxygen atoms in total. The minimum absolute atomic E-state index is 0.131. The van der Waals surface area contributed by atoms with Crippen LogP contribution in [0.25, 0.3) is 17.3 Å². The van der Waals surface area contributed by atoms with E-state index in [-0.39, 0.29) is 18.5 Å². The fourth-order valence-corrected chi connectivity index (χ4v) is 3.40. The van der Waals surface area contributed by atoms with Crippen LogP contribution in [0.2, 0.25) is 0 Å². The Kier molecular flexibility index (Phi) is 7.44. The predicted molar refractivity (Wildman–Crippen MR) is 125 cm³/mol. The second kappa shape index (κ2) is 10.4. The van der Waals surface area contributed by atoms with Crippen molar-refractivity contribution in [2.75, 3.05) is 13.7 Å². The van der Waals surface area contributed by atoms with E-state index in [1.807, 2.05) is 79.3 Å². The predicted octanol–water partition coefficient (Wildman–Crippen LogP) is 3.34. The van der Waals surface area contributed by atoms with E-state index in [4.69, 9.17) is 15.6 Å². The zero-order valence-corrected chi connectivity index (χ0v) is 18.6. The minimum Gasteiger partial charge on any atom is -0.496 e. The van der Waals surface area contributed by atoms with Crippen molar-refractivity contribution < 1.29 is 14.3 Å². The van der Waals surface area contributed by atoms with E-state index in [9.17, 15) is 9.59 Å². The van der Waals surface area contributed by atoms with Crippen molar-refractivity contribution in [3.05, 3.63) is 78.0 Å². The third-order valence-corrected chi connectivity index (χ3v) is 4.98. The summed E-state index contributed by atoms with van der Waals surface area (Å²) in [6.45, 7) is 4.14. The van der Waals surface area contributed by atoms with Crippen LogP contribution in [0.1, 0.15) is 25.0 Å². The maximum absolute atomic E-state index is 12.7. The maximum atomic E-state index is 12.7. The maximum Gasteiger partial charge on any atom is 0.247 e. The number of para-hydroxylation sites is 1. The van der Waals surface area contributed by atoms with Crippen LogP contribution >= 0.6 is 0 Å². The lowest BCUT2D eigenvalue weighted by Crippen LogP contribution is -2.41. The molecule has 2 N–H and O–H groups in total. The van der Waals surface area contributed by atoms with Crippen molar-refractivity contribution in [3.8, 4) is 17.0 Å². The molecule has 3 rings (SSSR count). The summed E-state index contributed by atoms with van der Waals surface area (Å²) in [6, 6.07) is 17.5. The van der Waals surface area contributed by atoms with Crippen molar-refractivity contribution in [1.29, 1.82) is 0 Å². The molecule has 1 heterocycles. The smallest absolute Gasteiger partial charge is 0.247 e. The molecule has 3 aromatic rings. The van der Waals surface area contributed by atoms with Gasteiger partial charge in [-0.1, -0.05) is 42.5 Å². The van der Waals surface area contributed by atoms with Gasteiger partial charge in [-0.15, -0.1) is 0 Å². The molecule has 0 aliphatic carbocycles. The van der Waals surface area contributed by atoms with Crippen molar-refractivity contribution in [3.63, 3.8) is 0 Å². The molecule has 2 amide bonds. The van der Waals surface area contributed by atoms with Crippen LogP contribution in [0.4, 0.5) is 0 Å². The van der Waals surface area contributed by atoms with Gasteiger partial charge in [0.25, 0.3) is 0 Å². The van der Waals surface area contributed by atoms with E-state index < -0.39 is 5.91 Å². The standard InChI is InChI=1S/C25H28N4O3/c1-18(2)29(17-23(26)30)24(31)14-13-20-16-28(15-19-9-5-4-6-10-19)27-25(20)21-11-7-8-12-22(21)32-3/h4-14,16,18H,15,17H2,1-3H3,(H2,26,30)/b14-13+. The molecular weight excluding hydrogens is 404 g/mol. The number of carbonyl (C=O) groups is 2. The molecule has 1 aromatic heterocycles. The van der Waals surface area contributed by atoms with Gasteiger partial charge in [-0.25, -0.2) is 0 Å². The topological polar surface area (TPSA) is 90.5 Å². The first-order valence-electron chi connectivity index (χ1n) is 10.4. The number of carbonyl (C=O) groups excluding carboxylic acids is 2. The molecule has 0 aliphatic rings. The molecule has 166 valence electrons. The first kappa shape index (κ1) is 22.8. The van der Waals surface area contributed by atoms with Gasteiger partial charge in [-0.2, -0.15) is 5.10 Å². The number of hydrogen-bond donors (Lipinski definition) is 1. The fraction of sp³-hybridized carbons (Fsp3) is 0.240. The number of primary amides is 1. The second-order valence-corrected chi connectivity index (χ2v) is 7.68. The summed E-state index contributed by atoms with van der Waals surface area (Å²) < 4.78 is 7.36. The van der Waals surface area contributed by atoms with Gasteiger partial charge in [-0.05, 0) is 37.6 Å². The van der Waals surface area contributed by atoms with Gasteiger partial charge in [0.15, 0.2) is 0 Å². The van der Waals surface area contributed by atoms with Crippen molar-refractivity contribution in [2.45, 2.75) is 26.4 Å². The summed E-state index contributed by atoms with van der Waals surface area (Å²) in [6.07, 6.45) is 5.06. The number of benzene rings is 2. The lowest BCUT2D eigenvalue weighted by atomic mass is 10.1. The molecule has 0 radical (unpaired) electrons. The van der Waals surface area contributed by atoms with Gasteiger partial charge < -0.3 is 15.4 Å². The fourth-order valence-electron chi connectivity index (χ4n) is 3.40. The first-order chi connectivity index (χ1) is 15.4. The van der Waals surface area contributed by atoms with Crippen LogP contribution in [-0.2, 0) is 16.1 Å². The summed E-state index contributed by atoms with van der Waals surface area (Å²) in [7, 11) is 1.61. The molecule has 32 heavy (non-hydrogen) atoms. The summed E-state index contributed by atoms with van der Waals surface area (Å²) in [4.78, 5) is 25.5. The molecule has 0 aliphatic heterocycles. The highest BCUT2D eigenvalue weighted by atomic mass is 16.5. The van der Waals surface area contributed by atoms with Gasteiger partial charge >= 0.3 is 0 Å². The number of hydrogen-bond acceptors (Lipinski definition) is 4. The Morgan fingerprint density at radius 1 is 1.12 bits per heavy atom. The molecule has 0 saturated heterocycles. The van der Waals surface area contributed by atoms with Crippen LogP contribution in [0.3, 0.4) is 0 Å². The van der Waals surface area contributed by atoms with E-state index in [1.54, 1.807) is 13.2 Å². The van der Waals surface area contributed by atoms with E-state index in [2.05, 4.69) is 0 Å². The van der Waals surface area contributed by atoms with Crippen LogP contribution in [-0.4, -0.2) is 46.2 Å². The Morgan fingerprint density at radius 2 is 1.81 bits per heavy atom. The van der Waals surface area contributed by atoms with Gasteiger partial charge in [-0.3, -0.25) is 14.3 Å². The van der Waals surface area contributed by atoms with E-state index in [0.717, 1.165) is 16.7 Å². The molecule has 7 heteroatoms. The number of rotatable bonds is 9. The highest BCUT2D eigenvalue weighted by molar-refractivity contribution is 5.95. The zero-order chi connectivity index (χ0) is 23.1. The van der Waals surface area contributed by atoms with E-state index in [0.29, 0.717) is 18.0 Å².